The average Bonchev–Trinajstić information content (AvgIpc) is 3.23. The van der Waals surface area contributed by atoms with Crippen LogP contribution in [0.3, 0.4) is 0 Å². The molecule has 4 aliphatic carbocycles. The first-order chi connectivity index (χ1) is 15.0. The zero-order valence-electron chi connectivity index (χ0n) is 17.4. The number of aromatic nitrogens is 2. The van der Waals surface area contributed by atoms with Crippen LogP contribution in [0.1, 0.15) is 54.4 Å². The van der Waals surface area contributed by atoms with Crippen LogP contribution in [0.15, 0.2) is 55.0 Å². The van der Waals surface area contributed by atoms with E-state index in [-0.39, 0.29) is 11.0 Å². The van der Waals surface area contributed by atoms with Gasteiger partial charge in [0.2, 0.25) is 0 Å². The molecule has 0 atom stereocenters. The van der Waals surface area contributed by atoms with Crippen molar-refractivity contribution in [3.8, 4) is 22.7 Å². The summed E-state index contributed by atoms with van der Waals surface area (Å²) in [5.74, 6) is 1.96. The van der Waals surface area contributed by atoms with Crippen molar-refractivity contribution in [2.75, 3.05) is 0 Å². The fourth-order valence-electron chi connectivity index (χ4n) is 6.95. The van der Waals surface area contributed by atoms with Gasteiger partial charge in [-0.3, -0.25) is 0 Å². The molecule has 2 aromatic carbocycles. The topological polar surface area (TPSA) is 75.3 Å². The van der Waals surface area contributed by atoms with Gasteiger partial charge in [0, 0.05) is 23.0 Å². The van der Waals surface area contributed by atoms with Crippen molar-refractivity contribution in [1.29, 1.82) is 0 Å². The van der Waals surface area contributed by atoms with Crippen molar-refractivity contribution in [1.82, 2.24) is 9.55 Å². The van der Waals surface area contributed by atoms with Gasteiger partial charge in [-0.2, -0.15) is 0 Å². The van der Waals surface area contributed by atoms with E-state index in [0.717, 1.165) is 40.3 Å². The molecule has 5 heteroatoms. The molecule has 0 spiro atoms. The Labute approximate surface area is 181 Å². The summed E-state index contributed by atoms with van der Waals surface area (Å²) in [6, 6.07) is 12.7. The van der Waals surface area contributed by atoms with Crippen LogP contribution in [0.4, 0.5) is 0 Å². The summed E-state index contributed by atoms with van der Waals surface area (Å²) in [6.07, 6.45) is 11.5. The van der Waals surface area contributed by atoms with Gasteiger partial charge in [-0.25, -0.2) is 9.78 Å². The van der Waals surface area contributed by atoms with Crippen molar-refractivity contribution in [2.45, 2.75) is 43.9 Å². The van der Waals surface area contributed by atoms with E-state index in [2.05, 4.69) is 11.1 Å². The Kier molecular flexibility index (Phi) is 4.04. The molecule has 0 unspecified atom stereocenters. The lowest BCUT2D eigenvalue weighted by Crippen LogP contribution is -2.48. The second-order valence-corrected chi connectivity index (χ2v) is 9.95. The van der Waals surface area contributed by atoms with Gasteiger partial charge in [0.1, 0.15) is 5.75 Å². The van der Waals surface area contributed by atoms with Crippen molar-refractivity contribution in [3.63, 3.8) is 0 Å². The van der Waals surface area contributed by atoms with Crippen molar-refractivity contribution < 1.29 is 15.0 Å². The average molecular weight is 415 g/mol. The molecular formula is C26H26N2O3. The third-order valence-electron chi connectivity index (χ3n) is 7.90. The molecule has 4 saturated carbocycles. The van der Waals surface area contributed by atoms with Gasteiger partial charge in [-0.1, -0.05) is 12.1 Å². The fourth-order valence-corrected chi connectivity index (χ4v) is 6.95. The van der Waals surface area contributed by atoms with Crippen molar-refractivity contribution in [2.24, 2.45) is 17.8 Å². The summed E-state index contributed by atoms with van der Waals surface area (Å²) in [5, 5.41) is 19.9. The Hall–Kier alpha value is -3.08. The molecule has 1 heterocycles. The quantitative estimate of drug-likeness (QED) is 0.598. The lowest BCUT2D eigenvalue weighted by atomic mass is 9.48. The number of aromatic hydroxyl groups is 1. The number of nitrogens with zero attached hydrogens (tertiary/aromatic N) is 2. The van der Waals surface area contributed by atoms with Crippen LogP contribution in [-0.4, -0.2) is 25.7 Å². The maximum Gasteiger partial charge on any atom is 0.335 e. The molecule has 4 fully saturated rings. The molecule has 7 rings (SSSR count). The molecule has 2 N–H and O–H groups in total. The van der Waals surface area contributed by atoms with Crippen LogP contribution in [0.5, 0.6) is 5.75 Å². The van der Waals surface area contributed by atoms with Gasteiger partial charge in [0.15, 0.2) is 0 Å². The van der Waals surface area contributed by atoms with E-state index in [1.165, 1.54) is 38.5 Å². The molecule has 158 valence electrons. The molecule has 5 nitrogen and oxygen atoms in total. The lowest BCUT2D eigenvalue weighted by Gasteiger charge is -2.57. The smallest absolute Gasteiger partial charge is 0.335 e. The first-order valence-electron chi connectivity index (χ1n) is 11.2. The molecule has 0 aliphatic heterocycles. The highest BCUT2D eigenvalue weighted by Gasteiger charge is 2.52. The number of rotatable bonds is 4. The summed E-state index contributed by atoms with van der Waals surface area (Å²) in [6.45, 7) is 0. The third-order valence-corrected chi connectivity index (χ3v) is 7.90. The zero-order valence-corrected chi connectivity index (χ0v) is 17.4. The maximum absolute atomic E-state index is 11.1. The second-order valence-electron chi connectivity index (χ2n) is 9.95. The molecule has 0 saturated heterocycles. The molecule has 1 aromatic heterocycles. The Bertz CT molecular complexity index is 1130. The van der Waals surface area contributed by atoms with E-state index >= 15 is 0 Å². The number of imidazole rings is 1. The Morgan fingerprint density at radius 1 is 0.968 bits per heavy atom. The second kappa shape index (κ2) is 6.71. The first-order valence-corrected chi connectivity index (χ1v) is 11.2. The maximum atomic E-state index is 11.1. The van der Waals surface area contributed by atoms with Crippen LogP contribution in [0, 0.1) is 17.8 Å². The molecule has 4 aliphatic rings. The van der Waals surface area contributed by atoms with Crippen molar-refractivity contribution >= 4 is 5.97 Å². The monoisotopic (exact) mass is 414 g/mol. The number of phenols is 1. The molecule has 31 heavy (non-hydrogen) atoms. The fraction of sp³-hybridized carbons (Fsp3) is 0.385. The van der Waals surface area contributed by atoms with Gasteiger partial charge in [-0.05, 0) is 92.0 Å². The minimum atomic E-state index is -0.932. The highest BCUT2D eigenvalue weighted by molar-refractivity contribution is 5.88. The number of aromatic carboxylic acids is 1. The predicted octanol–water partition coefficient (Wildman–Crippen LogP) is 5.41. The van der Waals surface area contributed by atoms with E-state index in [9.17, 15) is 9.90 Å². The van der Waals surface area contributed by atoms with Gasteiger partial charge < -0.3 is 14.8 Å². The number of carbonyl (C=O) groups is 1. The number of phenolic OH excluding ortho intramolecular Hbond substituents is 1. The number of carboxylic acids is 1. The van der Waals surface area contributed by atoms with Crippen LogP contribution < -0.4 is 0 Å². The van der Waals surface area contributed by atoms with Gasteiger partial charge in [0.25, 0.3) is 0 Å². The SMILES string of the molecule is O=C(O)c1ccc(-c2cn(-c3ccc(O)c(C45CC6CC(CC(C6)C4)C5)c3)cn2)cc1. The Balaban J connectivity index is 1.34. The standard InChI is InChI=1S/C26H26N2O3/c29-24-6-5-21(10-22(24)26-11-16-7-17(12-26)9-18(8-16)13-26)28-14-23(27-15-28)19-1-3-20(4-2-19)25(30)31/h1-6,10,14-18,29H,7-9,11-13H2,(H,30,31). The minimum absolute atomic E-state index is 0.130. The normalized spacial score (nSPS) is 28.7. The van der Waals surface area contributed by atoms with Crippen LogP contribution in [-0.2, 0) is 5.41 Å². The van der Waals surface area contributed by atoms with Crippen LogP contribution in [0.25, 0.3) is 16.9 Å². The third kappa shape index (κ3) is 3.06. The number of benzene rings is 2. The van der Waals surface area contributed by atoms with Gasteiger partial charge in [0.05, 0.1) is 17.6 Å². The van der Waals surface area contributed by atoms with E-state index in [1.54, 1.807) is 30.6 Å². The Morgan fingerprint density at radius 2 is 1.61 bits per heavy atom. The summed E-state index contributed by atoms with van der Waals surface area (Å²) >= 11 is 0. The van der Waals surface area contributed by atoms with Crippen LogP contribution in [0.2, 0.25) is 0 Å². The largest absolute Gasteiger partial charge is 0.508 e. The van der Waals surface area contributed by atoms with E-state index in [0.29, 0.717) is 5.75 Å². The first kappa shape index (κ1) is 18.7. The highest BCUT2D eigenvalue weighted by Crippen LogP contribution is 2.61. The van der Waals surface area contributed by atoms with E-state index < -0.39 is 5.97 Å². The highest BCUT2D eigenvalue weighted by atomic mass is 16.4. The minimum Gasteiger partial charge on any atom is -0.508 e. The molecule has 0 amide bonds. The lowest BCUT2D eigenvalue weighted by molar-refractivity contribution is -0.00613. The summed E-state index contributed by atoms with van der Waals surface area (Å²) in [5.41, 5.74) is 4.19. The summed E-state index contributed by atoms with van der Waals surface area (Å²) in [4.78, 5) is 15.6. The predicted molar refractivity (Wildman–Crippen MR) is 117 cm³/mol. The van der Waals surface area contributed by atoms with Gasteiger partial charge in [-0.15, -0.1) is 0 Å². The molecule has 3 aromatic rings. The molecule has 4 bridgehead atoms. The van der Waals surface area contributed by atoms with E-state index in [1.807, 2.05) is 22.9 Å². The number of hydrogen-bond acceptors (Lipinski definition) is 3. The zero-order chi connectivity index (χ0) is 21.2. The molecule has 0 radical (unpaired) electrons. The van der Waals surface area contributed by atoms with Gasteiger partial charge >= 0.3 is 5.97 Å². The Morgan fingerprint density at radius 3 is 2.23 bits per heavy atom. The molecular weight excluding hydrogens is 388 g/mol. The summed E-state index contributed by atoms with van der Waals surface area (Å²) < 4.78 is 1.99. The van der Waals surface area contributed by atoms with Crippen molar-refractivity contribution in [3.05, 3.63) is 66.1 Å². The number of hydrogen-bond donors (Lipinski definition) is 2. The van der Waals surface area contributed by atoms with E-state index in [4.69, 9.17) is 5.11 Å². The summed E-state index contributed by atoms with van der Waals surface area (Å²) in [7, 11) is 0. The number of carboxylic acid groups (broad SMARTS) is 1. The van der Waals surface area contributed by atoms with Crippen LogP contribution >= 0.6 is 0 Å².